The third-order valence-corrected chi connectivity index (χ3v) is 2.45. The molecule has 5 nitrogen and oxygen atoms in total. The Morgan fingerprint density at radius 1 is 1.35 bits per heavy atom. The largest absolute Gasteiger partial charge is 0.396 e. The second-order valence-electron chi connectivity index (χ2n) is 4.58. The molecule has 2 rings (SSSR count). The van der Waals surface area contributed by atoms with Crippen LogP contribution in [-0.4, -0.2) is 19.9 Å². The summed E-state index contributed by atoms with van der Waals surface area (Å²) >= 11 is 0. The van der Waals surface area contributed by atoms with Crippen molar-refractivity contribution in [3.05, 3.63) is 42.0 Å². The molecule has 0 amide bonds. The molecule has 3 N–H and O–H groups in total. The first kappa shape index (κ1) is 11.6. The molecule has 0 aromatic carbocycles. The molecule has 0 fully saturated rings. The van der Waals surface area contributed by atoms with Crippen LogP contribution in [0.15, 0.2) is 30.7 Å². The van der Waals surface area contributed by atoms with Gasteiger partial charge in [-0.2, -0.15) is 5.10 Å². The van der Waals surface area contributed by atoms with Crippen molar-refractivity contribution >= 4 is 5.69 Å². The van der Waals surface area contributed by atoms with Crippen molar-refractivity contribution < 1.29 is 5.11 Å². The van der Waals surface area contributed by atoms with E-state index in [2.05, 4.69) is 10.1 Å². The van der Waals surface area contributed by atoms with E-state index >= 15 is 0 Å². The minimum absolute atomic E-state index is 0.621. The van der Waals surface area contributed by atoms with E-state index in [1.54, 1.807) is 37.1 Å². The Labute approximate surface area is 99.9 Å². The number of nitrogens with zero attached hydrogens (tertiary/aromatic N) is 3. The van der Waals surface area contributed by atoms with Crippen LogP contribution in [0, 0.1) is 0 Å². The minimum atomic E-state index is -0.908. The van der Waals surface area contributed by atoms with Crippen LogP contribution in [0.2, 0.25) is 0 Å². The number of nitrogens with two attached hydrogens (primary N) is 1. The van der Waals surface area contributed by atoms with Crippen molar-refractivity contribution in [1.82, 2.24) is 14.8 Å². The fourth-order valence-corrected chi connectivity index (χ4v) is 1.53. The fourth-order valence-electron chi connectivity index (χ4n) is 1.53. The highest BCUT2D eigenvalue weighted by atomic mass is 16.3. The summed E-state index contributed by atoms with van der Waals surface area (Å²) in [5.41, 5.74) is 6.99. The third-order valence-electron chi connectivity index (χ3n) is 2.45. The number of nitrogen functional groups attached to an aromatic ring is 1. The van der Waals surface area contributed by atoms with Gasteiger partial charge in [-0.25, -0.2) is 0 Å². The first-order chi connectivity index (χ1) is 7.95. The van der Waals surface area contributed by atoms with Gasteiger partial charge in [0.25, 0.3) is 0 Å². The highest BCUT2D eigenvalue weighted by molar-refractivity contribution is 5.30. The zero-order valence-corrected chi connectivity index (χ0v) is 9.96. The van der Waals surface area contributed by atoms with E-state index in [9.17, 15) is 5.11 Å². The Morgan fingerprint density at radius 2 is 2.12 bits per heavy atom. The van der Waals surface area contributed by atoms with Gasteiger partial charge in [0, 0.05) is 12.4 Å². The van der Waals surface area contributed by atoms with Gasteiger partial charge >= 0.3 is 0 Å². The molecular formula is C12H16N4O. The third kappa shape index (κ3) is 2.82. The van der Waals surface area contributed by atoms with Crippen molar-refractivity contribution in [3.63, 3.8) is 0 Å². The number of hydrogen-bond acceptors (Lipinski definition) is 4. The standard InChI is InChI=1S/C12H16N4O/c1-12(2,17)11-4-3-9(5-14-11)7-16-8-10(13)6-15-16/h3-6,8,17H,7,13H2,1-2H3. The molecule has 0 saturated carbocycles. The van der Waals surface area contributed by atoms with Crippen LogP contribution < -0.4 is 5.73 Å². The zero-order valence-electron chi connectivity index (χ0n) is 9.96. The molecule has 0 bridgehead atoms. The topological polar surface area (TPSA) is 77.0 Å². The van der Waals surface area contributed by atoms with E-state index in [0.717, 1.165) is 5.56 Å². The summed E-state index contributed by atoms with van der Waals surface area (Å²) in [6, 6.07) is 3.75. The van der Waals surface area contributed by atoms with Crippen molar-refractivity contribution in [2.45, 2.75) is 26.0 Å². The lowest BCUT2D eigenvalue weighted by Gasteiger charge is -2.16. The van der Waals surface area contributed by atoms with Gasteiger partial charge in [0.15, 0.2) is 0 Å². The second-order valence-corrected chi connectivity index (χ2v) is 4.58. The van der Waals surface area contributed by atoms with Crippen LogP contribution in [0.1, 0.15) is 25.1 Å². The normalized spacial score (nSPS) is 11.7. The average molecular weight is 232 g/mol. The van der Waals surface area contributed by atoms with Crippen LogP contribution in [0.5, 0.6) is 0 Å². The van der Waals surface area contributed by atoms with Gasteiger partial charge in [0.05, 0.1) is 24.1 Å². The zero-order chi connectivity index (χ0) is 12.5. The van der Waals surface area contributed by atoms with Gasteiger partial charge in [0.2, 0.25) is 0 Å². The number of anilines is 1. The summed E-state index contributed by atoms with van der Waals surface area (Å²) in [7, 11) is 0. The first-order valence-corrected chi connectivity index (χ1v) is 5.41. The van der Waals surface area contributed by atoms with Crippen molar-refractivity contribution in [2.75, 3.05) is 5.73 Å². The van der Waals surface area contributed by atoms with Crippen molar-refractivity contribution in [2.24, 2.45) is 0 Å². The number of aromatic nitrogens is 3. The highest BCUT2D eigenvalue weighted by Gasteiger charge is 2.16. The lowest BCUT2D eigenvalue weighted by Crippen LogP contribution is -2.17. The van der Waals surface area contributed by atoms with Crippen LogP contribution in [0.3, 0.4) is 0 Å². The summed E-state index contributed by atoms with van der Waals surface area (Å²) in [6.45, 7) is 4.04. The van der Waals surface area contributed by atoms with Gasteiger partial charge in [-0.1, -0.05) is 6.07 Å². The van der Waals surface area contributed by atoms with E-state index in [1.807, 2.05) is 12.1 Å². The lowest BCUT2D eigenvalue weighted by molar-refractivity contribution is 0.0738. The molecule has 90 valence electrons. The molecule has 0 atom stereocenters. The van der Waals surface area contributed by atoms with Gasteiger partial charge in [-0.3, -0.25) is 9.67 Å². The Hall–Kier alpha value is -1.88. The molecule has 0 aliphatic carbocycles. The Kier molecular flexibility index (Phi) is 2.85. The molecule has 2 aromatic heterocycles. The monoisotopic (exact) mass is 232 g/mol. The van der Waals surface area contributed by atoms with Crippen LogP contribution in [-0.2, 0) is 12.1 Å². The minimum Gasteiger partial charge on any atom is -0.396 e. The van der Waals surface area contributed by atoms with Crippen LogP contribution >= 0.6 is 0 Å². The molecule has 0 aliphatic heterocycles. The molecule has 0 saturated heterocycles. The predicted molar refractivity (Wildman–Crippen MR) is 65.2 cm³/mol. The summed E-state index contributed by atoms with van der Waals surface area (Å²) in [5, 5.41) is 13.9. The van der Waals surface area contributed by atoms with Gasteiger partial charge < -0.3 is 10.8 Å². The Bertz CT molecular complexity index is 496. The molecule has 0 radical (unpaired) electrons. The molecule has 2 aromatic rings. The van der Waals surface area contributed by atoms with Gasteiger partial charge in [-0.15, -0.1) is 0 Å². The fraction of sp³-hybridized carbons (Fsp3) is 0.333. The number of aliphatic hydroxyl groups is 1. The van der Waals surface area contributed by atoms with Gasteiger partial charge in [0.1, 0.15) is 5.60 Å². The Balaban J connectivity index is 2.13. The summed E-state index contributed by atoms with van der Waals surface area (Å²) in [6.07, 6.45) is 5.12. The molecule has 17 heavy (non-hydrogen) atoms. The molecule has 2 heterocycles. The number of hydrogen-bond donors (Lipinski definition) is 2. The average Bonchev–Trinajstić information content (AvgIpc) is 2.63. The van der Waals surface area contributed by atoms with Crippen LogP contribution in [0.4, 0.5) is 5.69 Å². The summed E-state index contributed by atoms with van der Waals surface area (Å²) in [5.74, 6) is 0. The molecule has 5 heteroatoms. The lowest BCUT2D eigenvalue weighted by atomic mass is 10.0. The summed E-state index contributed by atoms with van der Waals surface area (Å²) < 4.78 is 1.75. The van der Waals surface area contributed by atoms with Gasteiger partial charge in [-0.05, 0) is 25.5 Å². The number of pyridine rings is 1. The Morgan fingerprint density at radius 3 is 2.59 bits per heavy atom. The van der Waals surface area contributed by atoms with Crippen molar-refractivity contribution in [3.8, 4) is 0 Å². The maximum atomic E-state index is 9.78. The first-order valence-electron chi connectivity index (χ1n) is 5.41. The second kappa shape index (κ2) is 4.18. The van der Waals surface area contributed by atoms with E-state index in [4.69, 9.17) is 5.73 Å². The van der Waals surface area contributed by atoms with E-state index in [-0.39, 0.29) is 0 Å². The van der Waals surface area contributed by atoms with Crippen LogP contribution in [0.25, 0.3) is 0 Å². The van der Waals surface area contributed by atoms with Crippen molar-refractivity contribution in [1.29, 1.82) is 0 Å². The quantitative estimate of drug-likeness (QED) is 0.831. The molecule has 0 aliphatic rings. The molecule has 0 spiro atoms. The number of rotatable bonds is 3. The highest BCUT2D eigenvalue weighted by Crippen LogP contribution is 2.17. The molecular weight excluding hydrogens is 216 g/mol. The maximum absolute atomic E-state index is 9.78. The smallest absolute Gasteiger partial charge is 0.101 e. The van der Waals surface area contributed by atoms with E-state index in [1.165, 1.54) is 0 Å². The SMILES string of the molecule is CC(C)(O)c1ccc(Cn2cc(N)cn2)cn1. The maximum Gasteiger partial charge on any atom is 0.101 e. The van der Waals surface area contributed by atoms with E-state index in [0.29, 0.717) is 17.9 Å². The summed E-state index contributed by atoms with van der Waals surface area (Å²) in [4.78, 5) is 4.23. The predicted octanol–water partition coefficient (Wildman–Crippen LogP) is 1.14. The molecule has 0 unspecified atom stereocenters. The van der Waals surface area contributed by atoms with E-state index < -0.39 is 5.60 Å².